The van der Waals surface area contributed by atoms with Crippen molar-refractivity contribution in [3.63, 3.8) is 0 Å². The highest BCUT2D eigenvalue weighted by atomic mass is 32.1. The first-order valence-electron chi connectivity index (χ1n) is 4.65. The fraction of sp³-hybridized carbons (Fsp3) is 0.200. The smallest absolute Gasteiger partial charge is 0.182 e. The van der Waals surface area contributed by atoms with E-state index >= 15 is 0 Å². The number of aromatic nitrogens is 3. The third kappa shape index (κ3) is 2.15. The van der Waals surface area contributed by atoms with E-state index in [1.54, 1.807) is 23.0 Å². The van der Waals surface area contributed by atoms with Gasteiger partial charge in [0, 0.05) is 17.3 Å². The molecule has 2 rings (SSSR count). The number of rotatable bonds is 3. The number of nitrogens with zero attached hydrogens (tertiary/aromatic N) is 4. The van der Waals surface area contributed by atoms with Crippen molar-refractivity contribution in [1.29, 1.82) is 5.26 Å². The van der Waals surface area contributed by atoms with Crippen LogP contribution in [0.15, 0.2) is 17.9 Å². The van der Waals surface area contributed by atoms with Crippen LogP contribution in [0.2, 0.25) is 0 Å². The Bertz CT molecular complexity index is 528. The number of thiazole rings is 1. The van der Waals surface area contributed by atoms with Gasteiger partial charge in [0.1, 0.15) is 6.07 Å². The molecule has 0 unspecified atom stereocenters. The number of hydrogen-bond donors (Lipinski definition) is 1. The first-order valence-corrected chi connectivity index (χ1v) is 5.53. The van der Waals surface area contributed by atoms with Crippen molar-refractivity contribution in [2.45, 2.75) is 13.5 Å². The van der Waals surface area contributed by atoms with Crippen LogP contribution in [0.1, 0.15) is 16.3 Å². The maximum atomic E-state index is 8.83. The molecule has 6 heteroatoms. The molecular formula is C10H9N5S. The summed E-state index contributed by atoms with van der Waals surface area (Å²) in [4.78, 5) is 13.3. The van der Waals surface area contributed by atoms with Gasteiger partial charge in [-0.2, -0.15) is 5.26 Å². The first kappa shape index (κ1) is 10.5. The van der Waals surface area contributed by atoms with E-state index in [1.807, 2.05) is 13.0 Å². The van der Waals surface area contributed by atoms with Gasteiger partial charge in [0.25, 0.3) is 0 Å². The Hall–Kier alpha value is -2.00. The van der Waals surface area contributed by atoms with Crippen LogP contribution < -0.4 is 5.32 Å². The minimum absolute atomic E-state index is 0.310. The van der Waals surface area contributed by atoms with Crippen molar-refractivity contribution in [3.8, 4) is 6.07 Å². The Morgan fingerprint density at radius 2 is 2.19 bits per heavy atom. The molecule has 16 heavy (non-hydrogen) atoms. The molecule has 0 saturated heterocycles. The van der Waals surface area contributed by atoms with E-state index in [2.05, 4.69) is 20.3 Å². The van der Waals surface area contributed by atoms with E-state index in [4.69, 9.17) is 5.26 Å². The zero-order valence-electron chi connectivity index (χ0n) is 8.64. The van der Waals surface area contributed by atoms with Crippen LogP contribution in [0.3, 0.4) is 0 Å². The largest absolute Gasteiger partial charge is 0.363 e. The second-order valence-corrected chi connectivity index (χ2v) is 4.02. The van der Waals surface area contributed by atoms with Gasteiger partial charge in [-0.05, 0) is 6.92 Å². The van der Waals surface area contributed by atoms with E-state index < -0.39 is 0 Å². The number of anilines is 1. The summed E-state index contributed by atoms with van der Waals surface area (Å²) in [7, 11) is 0. The fourth-order valence-corrected chi connectivity index (χ4v) is 1.93. The predicted octanol–water partition coefficient (Wildman–Crippen LogP) is 1.73. The van der Waals surface area contributed by atoms with Gasteiger partial charge < -0.3 is 5.32 Å². The van der Waals surface area contributed by atoms with E-state index in [0.717, 1.165) is 10.6 Å². The zero-order valence-corrected chi connectivity index (χ0v) is 9.45. The van der Waals surface area contributed by atoms with Crippen LogP contribution in [-0.2, 0) is 6.54 Å². The van der Waals surface area contributed by atoms with Gasteiger partial charge >= 0.3 is 0 Å². The Kier molecular flexibility index (Phi) is 3.08. The van der Waals surface area contributed by atoms with E-state index in [1.165, 1.54) is 6.20 Å². The van der Waals surface area contributed by atoms with Crippen molar-refractivity contribution in [2.75, 3.05) is 5.32 Å². The topological polar surface area (TPSA) is 74.5 Å². The molecular weight excluding hydrogens is 222 g/mol. The Morgan fingerprint density at radius 1 is 1.38 bits per heavy atom. The number of aryl methyl sites for hydroxylation is 1. The lowest BCUT2D eigenvalue weighted by Gasteiger charge is -2.04. The summed E-state index contributed by atoms with van der Waals surface area (Å²) in [5.74, 6) is 0.512. The second kappa shape index (κ2) is 4.68. The van der Waals surface area contributed by atoms with Crippen LogP contribution in [0.5, 0.6) is 0 Å². The monoisotopic (exact) mass is 231 g/mol. The minimum Gasteiger partial charge on any atom is -0.363 e. The molecule has 0 aliphatic heterocycles. The third-order valence-corrected chi connectivity index (χ3v) is 3.00. The van der Waals surface area contributed by atoms with Gasteiger partial charge in [0.15, 0.2) is 11.5 Å². The summed E-state index contributed by atoms with van der Waals surface area (Å²) in [6, 6.07) is 1.99. The van der Waals surface area contributed by atoms with Gasteiger partial charge in [0.2, 0.25) is 0 Å². The lowest BCUT2D eigenvalue weighted by atomic mass is 10.3. The minimum atomic E-state index is 0.310. The third-order valence-electron chi connectivity index (χ3n) is 2.07. The number of hydrogen-bond acceptors (Lipinski definition) is 6. The van der Waals surface area contributed by atoms with Gasteiger partial charge in [-0.1, -0.05) is 0 Å². The van der Waals surface area contributed by atoms with Crippen LogP contribution in [0.4, 0.5) is 5.82 Å². The first-order chi connectivity index (χ1) is 7.81. The van der Waals surface area contributed by atoms with E-state index in [-0.39, 0.29) is 0 Å². The quantitative estimate of drug-likeness (QED) is 0.870. The van der Waals surface area contributed by atoms with Gasteiger partial charge in [-0.3, -0.25) is 0 Å². The Morgan fingerprint density at radius 3 is 2.88 bits per heavy atom. The molecule has 0 saturated carbocycles. The molecule has 0 radical (unpaired) electrons. The molecule has 0 bridgehead atoms. The molecule has 0 aliphatic carbocycles. The van der Waals surface area contributed by atoms with Gasteiger partial charge in [-0.25, -0.2) is 15.0 Å². The molecule has 0 spiro atoms. The number of nitriles is 1. The van der Waals surface area contributed by atoms with Crippen LogP contribution in [-0.4, -0.2) is 15.0 Å². The SMILES string of the molecule is Cc1ncsc1CNc1nccnc1C#N. The maximum Gasteiger partial charge on any atom is 0.182 e. The van der Waals surface area contributed by atoms with Crippen molar-refractivity contribution in [2.24, 2.45) is 0 Å². The fourth-order valence-electron chi connectivity index (χ4n) is 1.21. The molecule has 0 aliphatic rings. The molecule has 0 amide bonds. The molecule has 0 fully saturated rings. The average molecular weight is 231 g/mol. The maximum absolute atomic E-state index is 8.83. The lowest BCUT2D eigenvalue weighted by molar-refractivity contribution is 1.07. The molecule has 5 nitrogen and oxygen atoms in total. The van der Waals surface area contributed by atoms with Crippen molar-refractivity contribution in [3.05, 3.63) is 34.2 Å². The predicted molar refractivity (Wildman–Crippen MR) is 60.9 cm³/mol. The zero-order chi connectivity index (χ0) is 11.4. The molecule has 2 aromatic heterocycles. The summed E-state index contributed by atoms with van der Waals surface area (Å²) in [5.41, 5.74) is 3.11. The lowest BCUT2D eigenvalue weighted by Crippen LogP contribution is -2.04. The second-order valence-electron chi connectivity index (χ2n) is 3.08. The summed E-state index contributed by atoms with van der Waals surface area (Å²) in [5, 5.41) is 11.9. The summed E-state index contributed by atoms with van der Waals surface area (Å²) < 4.78 is 0. The van der Waals surface area contributed by atoms with Crippen LogP contribution >= 0.6 is 11.3 Å². The Balaban J connectivity index is 2.11. The molecule has 2 heterocycles. The Labute approximate surface area is 96.8 Å². The molecule has 2 aromatic rings. The van der Waals surface area contributed by atoms with Crippen molar-refractivity contribution in [1.82, 2.24) is 15.0 Å². The van der Waals surface area contributed by atoms with Gasteiger partial charge in [-0.15, -0.1) is 11.3 Å². The molecule has 0 aromatic carbocycles. The molecule has 0 atom stereocenters. The van der Waals surface area contributed by atoms with E-state index in [9.17, 15) is 0 Å². The van der Waals surface area contributed by atoms with Crippen LogP contribution in [0, 0.1) is 18.3 Å². The van der Waals surface area contributed by atoms with Crippen molar-refractivity contribution < 1.29 is 0 Å². The highest BCUT2D eigenvalue weighted by Crippen LogP contribution is 2.15. The molecule has 80 valence electrons. The highest BCUT2D eigenvalue weighted by Gasteiger charge is 2.05. The summed E-state index contributed by atoms with van der Waals surface area (Å²) in [6.07, 6.45) is 3.06. The summed E-state index contributed by atoms with van der Waals surface area (Å²) in [6.45, 7) is 2.57. The van der Waals surface area contributed by atoms with Crippen molar-refractivity contribution >= 4 is 17.2 Å². The molecule has 1 N–H and O–H groups in total. The standard InChI is InChI=1S/C10H9N5S/c1-7-9(16-6-15-7)5-14-10-8(4-11)12-2-3-13-10/h2-3,6H,5H2,1H3,(H,13,14). The highest BCUT2D eigenvalue weighted by molar-refractivity contribution is 7.09. The van der Waals surface area contributed by atoms with E-state index in [0.29, 0.717) is 18.1 Å². The van der Waals surface area contributed by atoms with Gasteiger partial charge in [0.05, 0.1) is 17.7 Å². The number of nitrogens with one attached hydrogen (secondary N) is 1. The average Bonchev–Trinajstić information content (AvgIpc) is 2.72. The van der Waals surface area contributed by atoms with Crippen LogP contribution in [0.25, 0.3) is 0 Å². The summed E-state index contributed by atoms with van der Waals surface area (Å²) >= 11 is 1.58. The normalized spacial score (nSPS) is 9.75.